The van der Waals surface area contributed by atoms with E-state index in [-0.39, 0.29) is 90.2 Å². The van der Waals surface area contributed by atoms with E-state index in [0.29, 0.717) is 22.8 Å². The average molecular weight is 1090 g/mol. The molecule has 4 heterocycles. The van der Waals surface area contributed by atoms with Crippen molar-refractivity contribution in [1.82, 2.24) is 19.8 Å². The second kappa shape index (κ2) is 31.9. The van der Waals surface area contributed by atoms with Crippen LogP contribution in [0.5, 0.6) is 0 Å². The number of nitrogens with zero attached hydrogens (tertiary/aromatic N) is 6. The smallest absolute Gasteiger partial charge is 0.252 e. The molecule has 19 heteroatoms. The number of nitrogens with two attached hydrogens (primary N) is 2. The van der Waals surface area contributed by atoms with Crippen molar-refractivity contribution in [3.05, 3.63) is 190 Å². The molecule has 0 unspecified atom stereocenters. The highest BCUT2D eigenvalue weighted by Gasteiger charge is 2.23. The van der Waals surface area contributed by atoms with Crippen LogP contribution in [-0.4, -0.2) is 103 Å². The van der Waals surface area contributed by atoms with Crippen molar-refractivity contribution in [3.63, 3.8) is 0 Å². The molecule has 2 aliphatic rings. The number of primary amides is 2. The fourth-order valence-corrected chi connectivity index (χ4v) is 9.37. The molecule has 396 valence electrons. The molecule has 0 bridgehead atoms. The minimum absolute atomic E-state index is 0. The summed E-state index contributed by atoms with van der Waals surface area (Å²) in [6.45, 7) is 8.71. The molecule has 0 saturated carbocycles. The quantitative estimate of drug-likeness (QED) is 0.0908. The molecule has 2 aliphatic heterocycles. The molecule has 2 amide bonds. The van der Waals surface area contributed by atoms with E-state index in [1.807, 2.05) is 48.5 Å². The van der Waals surface area contributed by atoms with Gasteiger partial charge < -0.3 is 36.5 Å². The Labute approximate surface area is 450 Å². The average Bonchev–Trinajstić information content (AvgIpc) is 3.75. The lowest BCUT2D eigenvalue weighted by Crippen LogP contribution is -2.33. The highest BCUT2D eigenvalue weighted by atomic mass is 35.5. The molecule has 6 aromatic rings. The first-order valence-electron chi connectivity index (χ1n) is 23.5. The van der Waals surface area contributed by atoms with Gasteiger partial charge in [0.2, 0.25) is 0 Å². The van der Waals surface area contributed by atoms with Crippen molar-refractivity contribution in [2.75, 3.05) is 75.2 Å². The van der Waals surface area contributed by atoms with Crippen molar-refractivity contribution >= 4 is 73.1 Å². The van der Waals surface area contributed by atoms with Gasteiger partial charge in [-0.15, -0.1) is 49.6 Å². The molecule has 0 radical (unpaired) electrons. The fraction of sp³-hybridized carbons (Fsp3) is 0.333. The largest absolute Gasteiger partial charge is 0.412 e. The van der Waals surface area contributed by atoms with Gasteiger partial charge in [0.05, 0.1) is 11.1 Å². The zero-order valence-electron chi connectivity index (χ0n) is 40.5. The summed E-state index contributed by atoms with van der Waals surface area (Å²) < 4.78 is 53.9. The zero-order valence-corrected chi connectivity index (χ0v) is 43.7. The van der Waals surface area contributed by atoms with Gasteiger partial charge in [-0.2, -0.15) is 0 Å². The maximum absolute atomic E-state index is 13.5. The van der Waals surface area contributed by atoms with Crippen molar-refractivity contribution in [3.8, 4) is 0 Å². The molecule has 6 N–H and O–H groups in total. The minimum atomic E-state index is -0.461. The molecule has 73 heavy (non-hydrogen) atoms. The molecule has 8 rings (SSSR count). The zero-order chi connectivity index (χ0) is 47.8. The third-order valence-corrected chi connectivity index (χ3v) is 12.9. The van der Waals surface area contributed by atoms with Crippen molar-refractivity contribution in [1.29, 1.82) is 0 Å². The highest BCUT2D eigenvalue weighted by Crippen LogP contribution is 2.32. The molecule has 2 saturated heterocycles. The van der Waals surface area contributed by atoms with Gasteiger partial charge in [-0.25, -0.2) is 27.5 Å². The van der Waals surface area contributed by atoms with Crippen LogP contribution in [0.3, 0.4) is 0 Å². The van der Waals surface area contributed by atoms with Gasteiger partial charge in [-0.05, 0) is 160 Å². The number of rotatable bonds is 16. The molecule has 2 aromatic heterocycles. The number of aromatic nitrogens is 2. The van der Waals surface area contributed by atoms with Crippen LogP contribution < -0.4 is 21.3 Å². The predicted molar refractivity (Wildman–Crippen MR) is 292 cm³/mol. The number of hydrogen-bond donors (Lipinski definition) is 2. The van der Waals surface area contributed by atoms with Crippen LogP contribution in [0, 0.1) is 23.3 Å². The Balaban J connectivity index is 0.000000468. The Morgan fingerprint density at radius 2 is 0.753 bits per heavy atom. The van der Waals surface area contributed by atoms with E-state index in [9.17, 15) is 27.2 Å². The van der Waals surface area contributed by atoms with Crippen LogP contribution in [0.25, 0.3) is 0 Å². The number of hydrogen-bond acceptors (Lipinski definition) is 8. The Bertz CT molecular complexity index is 2290. The van der Waals surface area contributed by atoms with Crippen LogP contribution in [-0.2, 0) is 0 Å². The van der Waals surface area contributed by atoms with Crippen molar-refractivity contribution in [2.45, 2.75) is 50.4 Å². The van der Waals surface area contributed by atoms with E-state index in [1.54, 1.807) is 36.7 Å². The second-order valence-corrected chi connectivity index (χ2v) is 17.4. The molecule has 0 spiro atoms. The van der Waals surface area contributed by atoms with Gasteiger partial charge in [0, 0.05) is 63.5 Å². The number of carbonyl (C=O) groups is 2. The molecule has 11 nitrogen and oxygen atoms in total. The van der Waals surface area contributed by atoms with E-state index < -0.39 is 11.8 Å². The minimum Gasteiger partial charge on any atom is -0.412 e. The standard InChI is InChI=1S/2C27H30F2N4O.4ClH.H2O/c2*28-22-10-6-20(7-11-22)24(21-8-12-23(29)13-9-21)5-2-15-32-16-3-17-33(19-18-32)27-25(26(30)34)4-1-14-31-27;;;;;/h2*1,4,6-14,24H,2-3,5,15-19H2,(H2,30,34);4*1H;1H2. The van der Waals surface area contributed by atoms with Gasteiger partial charge in [-0.1, -0.05) is 48.5 Å². The summed E-state index contributed by atoms with van der Waals surface area (Å²) in [6.07, 6.45) is 8.98. The topological polar surface area (TPSA) is 156 Å². The first-order valence-corrected chi connectivity index (χ1v) is 23.5. The summed E-state index contributed by atoms with van der Waals surface area (Å²) in [5, 5.41) is 0. The van der Waals surface area contributed by atoms with E-state index in [2.05, 4.69) is 29.6 Å². The molecule has 0 atom stereocenters. The van der Waals surface area contributed by atoms with E-state index >= 15 is 0 Å². The van der Waals surface area contributed by atoms with Crippen molar-refractivity contribution in [2.24, 2.45) is 11.5 Å². The number of anilines is 2. The first kappa shape index (κ1) is 63.6. The van der Waals surface area contributed by atoms with Gasteiger partial charge in [0.1, 0.15) is 34.9 Å². The van der Waals surface area contributed by atoms with Gasteiger partial charge in [-0.3, -0.25) is 9.59 Å². The molecule has 2 fully saturated rings. The molecule has 0 aliphatic carbocycles. The number of carbonyl (C=O) groups excluding carboxylic acids is 2. The van der Waals surface area contributed by atoms with Gasteiger partial charge in [0.15, 0.2) is 0 Å². The van der Waals surface area contributed by atoms with E-state index in [4.69, 9.17) is 11.5 Å². The number of halogens is 8. The number of benzene rings is 4. The van der Waals surface area contributed by atoms with Crippen LogP contribution in [0.15, 0.2) is 134 Å². The summed E-state index contributed by atoms with van der Waals surface area (Å²) in [5.74, 6) is -0.493. The Morgan fingerprint density at radius 3 is 1.04 bits per heavy atom. The maximum atomic E-state index is 13.5. The van der Waals surface area contributed by atoms with Crippen LogP contribution in [0.2, 0.25) is 0 Å². The van der Waals surface area contributed by atoms with Crippen LogP contribution in [0.4, 0.5) is 29.2 Å². The fourth-order valence-electron chi connectivity index (χ4n) is 9.37. The van der Waals surface area contributed by atoms with E-state index in [1.165, 1.54) is 48.5 Å². The number of amides is 2. The summed E-state index contributed by atoms with van der Waals surface area (Å²) in [5.41, 5.74) is 16.1. The molecule has 4 aromatic carbocycles. The first-order chi connectivity index (χ1) is 33.0. The summed E-state index contributed by atoms with van der Waals surface area (Å²) in [6, 6.07) is 33.3. The van der Waals surface area contributed by atoms with Crippen LogP contribution in [0.1, 0.15) is 93.3 Å². The maximum Gasteiger partial charge on any atom is 0.252 e. The Morgan fingerprint density at radius 1 is 0.452 bits per heavy atom. The van der Waals surface area contributed by atoms with E-state index in [0.717, 1.165) is 126 Å². The Hall–Kier alpha value is -5.52. The lowest BCUT2D eigenvalue weighted by atomic mass is 9.87. The lowest BCUT2D eigenvalue weighted by molar-refractivity contribution is 0.0992. The highest BCUT2D eigenvalue weighted by molar-refractivity contribution is 5.98. The summed E-state index contributed by atoms with van der Waals surface area (Å²) in [7, 11) is 0. The predicted octanol–water partition coefficient (Wildman–Crippen LogP) is 10.0. The van der Waals surface area contributed by atoms with Gasteiger partial charge >= 0.3 is 0 Å². The monoisotopic (exact) mass is 1090 g/mol. The normalized spacial score (nSPS) is 13.8. The third-order valence-electron chi connectivity index (χ3n) is 12.9. The van der Waals surface area contributed by atoms with Gasteiger partial charge in [0.25, 0.3) is 11.8 Å². The Kier molecular flexibility index (Phi) is 27.8. The SMILES string of the molecule is Cl.Cl.Cl.Cl.NC(=O)c1cccnc1N1CCCN(CCCC(c2ccc(F)cc2)c2ccc(F)cc2)CC1.NC(=O)c1cccnc1N1CCCN(CCCC(c2ccc(F)cc2)c2ccc(F)cc2)CC1.O. The second-order valence-electron chi connectivity index (χ2n) is 17.4. The lowest BCUT2D eigenvalue weighted by Gasteiger charge is -2.24. The molecular formula is C54H66Cl4F4N8O3. The third kappa shape index (κ3) is 18.4. The molecular weight excluding hydrogens is 1030 g/mol. The summed E-state index contributed by atoms with van der Waals surface area (Å²) >= 11 is 0. The number of pyridine rings is 2. The summed E-state index contributed by atoms with van der Waals surface area (Å²) in [4.78, 5) is 41.5. The van der Waals surface area contributed by atoms with Crippen molar-refractivity contribution < 1.29 is 32.6 Å². The van der Waals surface area contributed by atoms with Crippen LogP contribution >= 0.6 is 49.6 Å².